The largest absolute Gasteiger partial charge is 0.444 e. The van der Waals surface area contributed by atoms with E-state index in [4.69, 9.17) is 4.74 Å². The number of hydrogen-bond donors (Lipinski definition) is 1. The van der Waals surface area contributed by atoms with E-state index in [0.29, 0.717) is 17.6 Å². The number of H-pyrrole nitrogens is 1. The number of nitro benzene ring substituents is 1. The first-order chi connectivity index (χ1) is 13.1. The average Bonchev–Trinajstić information content (AvgIpc) is 3.04. The maximum Gasteiger partial charge on any atom is 0.410 e. The van der Waals surface area contributed by atoms with Crippen molar-refractivity contribution in [3.05, 3.63) is 28.3 Å². The van der Waals surface area contributed by atoms with Crippen molar-refractivity contribution in [1.29, 1.82) is 0 Å². The highest BCUT2D eigenvalue weighted by Crippen LogP contribution is 2.24. The van der Waals surface area contributed by atoms with E-state index in [2.05, 4.69) is 9.97 Å². The number of nitro groups is 1. The zero-order chi connectivity index (χ0) is 20.5. The minimum Gasteiger partial charge on any atom is -0.444 e. The first-order valence-corrected chi connectivity index (χ1v) is 10.5. The van der Waals surface area contributed by atoms with Gasteiger partial charge in [0.1, 0.15) is 5.60 Å². The molecular weight excluding hydrogens is 384 g/mol. The molecule has 1 saturated heterocycles. The second-order valence-electron chi connectivity index (χ2n) is 7.84. The number of piperidine rings is 1. The minimum atomic E-state index is -1.48. The molecule has 0 aliphatic carbocycles. The van der Waals surface area contributed by atoms with Gasteiger partial charge in [-0.05, 0) is 46.1 Å². The van der Waals surface area contributed by atoms with Crippen molar-refractivity contribution >= 4 is 33.6 Å². The number of nitrogens with zero attached hydrogens (tertiary/aromatic N) is 3. The number of carbonyl (C=O) groups excluding carboxylic acids is 1. The highest BCUT2D eigenvalue weighted by molar-refractivity contribution is 7.84. The molecule has 1 amide bonds. The monoisotopic (exact) mass is 408 g/mol. The molecule has 1 aromatic carbocycles. The van der Waals surface area contributed by atoms with Crippen LogP contribution in [0.1, 0.15) is 40.0 Å². The topological polar surface area (TPSA) is 118 Å². The van der Waals surface area contributed by atoms with Crippen LogP contribution in [-0.4, -0.2) is 54.0 Å². The summed E-state index contributed by atoms with van der Waals surface area (Å²) in [6, 6.07) is 4.06. The van der Waals surface area contributed by atoms with Crippen LogP contribution in [0, 0.1) is 10.1 Å². The summed E-state index contributed by atoms with van der Waals surface area (Å²) in [5.74, 6) is 0.237. The average molecular weight is 408 g/mol. The van der Waals surface area contributed by atoms with Gasteiger partial charge in [-0.25, -0.2) is 9.78 Å². The lowest BCUT2D eigenvalue weighted by atomic mass is 10.0. The van der Waals surface area contributed by atoms with Crippen LogP contribution < -0.4 is 0 Å². The van der Waals surface area contributed by atoms with Gasteiger partial charge in [0.2, 0.25) is 0 Å². The lowest BCUT2D eigenvalue weighted by Gasteiger charge is -2.36. The highest BCUT2D eigenvalue weighted by Gasteiger charge is 2.32. The number of imidazole rings is 1. The predicted octanol–water partition coefficient (Wildman–Crippen LogP) is 3.37. The number of hydrogen-bond acceptors (Lipinski definition) is 6. The summed E-state index contributed by atoms with van der Waals surface area (Å²) in [6.07, 6.45) is 2.19. The second kappa shape index (κ2) is 7.86. The van der Waals surface area contributed by atoms with Crippen molar-refractivity contribution in [3.63, 3.8) is 0 Å². The number of rotatable bonds is 4. The molecule has 2 heterocycles. The smallest absolute Gasteiger partial charge is 0.410 e. The fourth-order valence-corrected chi connectivity index (χ4v) is 4.46. The maximum atomic E-state index is 12.9. The number of aromatic nitrogens is 2. The molecule has 2 atom stereocenters. The molecule has 1 aromatic heterocycles. The molecule has 9 nitrogen and oxygen atoms in total. The van der Waals surface area contributed by atoms with Crippen molar-refractivity contribution in [2.24, 2.45) is 0 Å². The van der Waals surface area contributed by atoms with Crippen LogP contribution in [0.2, 0.25) is 0 Å². The lowest BCUT2D eigenvalue weighted by molar-refractivity contribution is -0.384. The van der Waals surface area contributed by atoms with Gasteiger partial charge in [-0.1, -0.05) is 0 Å². The van der Waals surface area contributed by atoms with E-state index in [9.17, 15) is 19.1 Å². The van der Waals surface area contributed by atoms with E-state index in [1.807, 2.05) is 20.8 Å². The number of carbonyl (C=O) groups is 1. The first-order valence-electron chi connectivity index (χ1n) is 9.16. The van der Waals surface area contributed by atoms with Crippen LogP contribution in [0.4, 0.5) is 10.5 Å². The van der Waals surface area contributed by atoms with Crippen LogP contribution in [0.5, 0.6) is 0 Å². The van der Waals surface area contributed by atoms with Gasteiger partial charge in [0.15, 0.2) is 5.16 Å². The van der Waals surface area contributed by atoms with Gasteiger partial charge < -0.3 is 14.6 Å². The van der Waals surface area contributed by atoms with Gasteiger partial charge in [-0.15, -0.1) is 0 Å². The molecule has 3 rings (SSSR count). The zero-order valence-electron chi connectivity index (χ0n) is 16.1. The Morgan fingerprint density at radius 1 is 1.43 bits per heavy atom. The fourth-order valence-electron chi connectivity index (χ4n) is 3.18. The van der Waals surface area contributed by atoms with E-state index in [-0.39, 0.29) is 22.6 Å². The normalized spacial score (nSPS) is 18.8. The molecule has 152 valence electrons. The minimum absolute atomic E-state index is 0.0585. The van der Waals surface area contributed by atoms with Crippen molar-refractivity contribution in [3.8, 4) is 0 Å². The van der Waals surface area contributed by atoms with Crippen LogP contribution in [-0.2, 0) is 15.5 Å². The van der Waals surface area contributed by atoms with E-state index in [1.54, 1.807) is 4.90 Å². The van der Waals surface area contributed by atoms with Crippen molar-refractivity contribution < 1.29 is 18.7 Å². The molecule has 10 heteroatoms. The third kappa shape index (κ3) is 4.67. The Bertz CT molecular complexity index is 920. The SMILES string of the molecule is CC(C)(C)OC(=O)N1CCCC[C@@H]1C[S@@](=O)c1nc2ccc([N+](=O)[O-])cc2[nH]1. The number of likely N-dealkylation sites (tertiary alicyclic amines) is 1. The van der Waals surface area contributed by atoms with Gasteiger partial charge in [0.25, 0.3) is 5.69 Å². The van der Waals surface area contributed by atoms with Gasteiger partial charge in [-0.3, -0.25) is 14.3 Å². The van der Waals surface area contributed by atoms with Gasteiger partial charge in [0.05, 0.1) is 32.5 Å². The number of aromatic amines is 1. The van der Waals surface area contributed by atoms with Crippen LogP contribution >= 0.6 is 0 Å². The number of fused-ring (bicyclic) bond motifs is 1. The zero-order valence-corrected chi connectivity index (χ0v) is 17.0. The van der Waals surface area contributed by atoms with E-state index >= 15 is 0 Å². The van der Waals surface area contributed by atoms with Crippen LogP contribution in [0.15, 0.2) is 23.4 Å². The molecule has 0 saturated carbocycles. The number of ether oxygens (including phenoxy) is 1. The Morgan fingerprint density at radius 2 is 2.18 bits per heavy atom. The molecule has 1 aliphatic heterocycles. The molecular formula is C18H24N4O5S. The summed E-state index contributed by atoms with van der Waals surface area (Å²) in [5, 5.41) is 11.2. The second-order valence-corrected chi connectivity index (χ2v) is 9.25. The van der Waals surface area contributed by atoms with Crippen molar-refractivity contribution in [2.75, 3.05) is 12.3 Å². The van der Waals surface area contributed by atoms with E-state index in [1.165, 1.54) is 18.2 Å². The fraction of sp³-hybridized carbons (Fsp3) is 0.556. The van der Waals surface area contributed by atoms with Crippen LogP contribution in [0.3, 0.4) is 0 Å². The summed E-state index contributed by atoms with van der Waals surface area (Å²) in [5.41, 5.74) is 0.328. The molecule has 0 spiro atoms. The van der Waals surface area contributed by atoms with Gasteiger partial charge >= 0.3 is 6.09 Å². The van der Waals surface area contributed by atoms with Crippen LogP contribution in [0.25, 0.3) is 11.0 Å². The maximum absolute atomic E-state index is 12.9. The Kier molecular flexibility index (Phi) is 5.69. The quantitative estimate of drug-likeness (QED) is 0.612. The molecule has 0 unspecified atom stereocenters. The Morgan fingerprint density at radius 3 is 2.86 bits per heavy atom. The summed E-state index contributed by atoms with van der Waals surface area (Å²) >= 11 is 0. The summed E-state index contributed by atoms with van der Waals surface area (Å²) in [7, 11) is -1.48. The predicted molar refractivity (Wildman–Crippen MR) is 105 cm³/mol. The molecule has 2 aromatic rings. The summed E-state index contributed by atoms with van der Waals surface area (Å²) in [4.78, 5) is 31.8. The molecule has 1 aliphatic rings. The Labute approximate surface area is 165 Å². The third-order valence-corrected chi connectivity index (χ3v) is 5.78. The van der Waals surface area contributed by atoms with E-state index in [0.717, 1.165) is 19.3 Å². The summed E-state index contributed by atoms with van der Waals surface area (Å²) < 4.78 is 18.3. The Balaban J connectivity index is 1.75. The standard InChI is InChI=1S/C18H24N4O5S/c1-18(2,3)27-17(23)21-9-5-4-6-13(21)11-28(26)16-19-14-8-7-12(22(24)25)10-15(14)20-16/h7-8,10,13H,4-6,9,11H2,1-3H3,(H,19,20)/t13-,28-/m1/s1. The number of amides is 1. The van der Waals surface area contributed by atoms with Gasteiger partial charge in [0, 0.05) is 24.7 Å². The first kappa shape index (κ1) is 20.2. The summed E-state index contributed by atoms with van der Waals surface area (Å²) in [6.45, 7) is 6.02. The molecule has 28 heavy (non-hydrogen) atoms. The van der Waals surface area contributed by atoms with E-state index < -0.39 is 27.4 Å². The number of nitrogens with one attached hydrogen (secondary N) is 1. The third-order valence-electron chi connectivity index (χ3n) is 4.47. The number of non-ortho nitro benzene ring substituents is 1. The van der Waals surface area contributed by atoms with Crippen molar-refractivity contribution in [1.82, 2.24) is 14.9 Å². The molecule has 0 bridgehead atoms. The Hall–Kier alpha value is -2.49. The molecule has 1 fully saturated rings. The highest BCUT2D eigenvalue weighted by atomic mass is 32.2. The number of benzene rings is 1. The molecule has 1 N–H and O–H groups in total. The van der Waals surface area contributed by atoms with Gasteiger partial charge in [-0.2, -0.15) is 0 Å². The lowest BCUT2D eigenvalue weighted by Crippen LogP contribution is -2.48. The van der Waals surface area contributed by atoms with Crippen molar-refractivity contribution in [2.45, 2.75) is 56.8 Å². The molecule has 0 radical (unpaired) electrons.